The number of aliphatic carboxylic acids is 1. The molecule has 1 atom stereocenters. The predicted molar refractivity (Wildman–Crippen MR) is 61.3 cm³/mol. The van der Waals surface area contributed by atoms with Crippen LogP contribution >= 0.6 is 11.3 Å². The summed E-state index contributed by atoms with van der Waals surface area (Å²) in [4.78, 5) is 15.0. The molecule has 1 unspecified atom stereocenters. The van der Waals surface area contributed by atoms with Gasteiger partial charge in [-0.3, -0.25) is 4.79 Å². The Morgan fingerprint density at radius 2 is 2.35 bits per heavy atom. The lowest BCUT2D eigenvalue weighted by molar-refractivity contribution is -0.146. The molecule has 17 heavy (non-hydrogen) atoms. The Hall–Kier alpha value is -0.990. The molecule has 0 amide bonds. The van der Waals surface area contributed by atoms with Crippen molar-refractivity contribution in [1.82, 2.24) is 9.29 Å². The third kappa shape index (κ3) is 1.85. The first kappa shape index (κ1) is 12.5. The molecule has 0 aliphatic carbocycles. The standard InChI is InChI=1S/C9H12N2O4S2/c1-9(8(12)13)3-2-4-11(9)17(14,15)7-5-16-6-10-7/h5-6H,2-4H2,1H3,(H,12,13). The van der Waals surface area contributed by atoms with Crippen LogP contribution in [-0.2, 0) is 14.8 Å². The van der Waals surface area contributed by atoms with E-state index < -0.39 is 21.5 Å². The van der Waals surface area contributed by atoms with Crippen LogP contribution in [0.3, 0.4) is 0 Å². The Balaban J connectivity index is 2.44. The highest BCUT2D eigenvalue weighted by molar-refractivity contribution is 7.89. The summed E-state index contributed by atoms with van der Waals surface area (Å²) >= 11 is 1.17. The first-order valence-corrected chi connectivity index (χ1v) is 7.42. The van der Waals surface area contributed by atoms with Gasteiger partial charge in [0, 0.05) is 11.9 Å². The van der Waals surface area contributed by atoms with Gasteiger partial charge in [-0.1, -0.05) is 0 Å². The number of carbonyl (C=O) groups is 1. The molecule has 2 rings (SSSR count). The molecule has 8 heteroatoms. The van der Waals surface area contributed by atoms with Crippen LogP contribution in [0.2, 0.25) is 0 Å². The molecule has 0 radical (unpaired) electrons. The second kappa shape index (κ2) is 4.04. The van der Waals surface area contributed by atoms with Gasteiger partial charge in [0.05, 0.1) is 5.51 Å². The van der Waals surface area contributed by atoms with Crippen LogP contribution in [-0.4, -0.2) is 40.9 Å². The summed E-state index contributed by atoms with van der Waals surface area (Å²) in [6.45, 7) is 1.66. The van der Waals surface area contributed by atoms with Gasteiger partial charge in [0.25, 0.3) is 10.0 Å². The lowest BCUT2D eigenvalue weighted by Crippen LogP contribution is -2.50. The maximum absolute atomic E-state index is 12.2. The van der Waals surface area contributed by atoms with Crippen LogP contribution in [0.1, 0.15) is 19.8 Å². The Bertz CT molecular complexity index is 525. The first-order chi connectivity index (χ1) is 7.89. The number of carboxylic acids is 1. The van der Waals surface area contributed by atoms with E-state index in [1.807, 2.05) is 0 Å². The van der Waals surface area contributed by atoms with Crippen molar-refractivity contribution in [2.24, 2.45) is 0 Å². The number of sulfonamides is 1. The predicted octanol–water partition coefficient (Wildman–Crippen LogP) is 0.771. The van der Waals surface area contributed by atoms with Gasteiger partial charge in [-0.15, -0.1) is 11.3 Å². The zero-order valence-corrected chi connectivity index (χ0v) is 10.8. The number of thiazole rings is 1. The SMILES string of the molecule is CC1(C(=O)O)CCCN1S(=O)(=O)c1cscn1. The lowest BCUT2D eigenvalue weighted by Gasteiger charge is -2.29. The summed E-state index contributed by atoms with van der Waals surface area (Å²) in [5.74, 6) is -1.12. The summed E-state index contributed by atoms with van der Waals surface area (Å²) in [5.41, 5.74) is 0.0590. The number of hydrogen-bond acceptors (Lipinski definition) is 5. The molecule has 0 aromatic carbocycles. The van der Waals surface area contributed by atoms with Crippen LogP contribution < -0.4 is 0 Å². The maximum Gasteiger partial charge on any atom is 0.324 e. The van der Waals surface area contributed by atoms with E-state index in [0.29, 0.717) is 12.8 Å². The Morgan fingerprint density at radius 1 is 1.65 bits per heavy atom. The molecule has 1 N–H and O–H groups in total. The van der Waals surface area contributed by atoms with E-state index in [1.54, 1.807) is 0 Å². The normalized spacial score (nSPS) is 26.2. The van der Waals surface area contributed by atoms with Gasteiger partial charge in [0.1, 0.15) is 5.54 Å². The van der Waals surface area contributed by atoms with E-state index >= 15 is 0 Å². The second-order valence-corrected chi connectivity index (χ2v) is 6.61. The van der Waals surface area contributed by atoms with E-state index in [2.05, 4.69) is 4.98 Å². The van der Waals surface area contributed by atoms with E-state index in [1.165, 1.54) is 29.2 Å². The minimum Gasteiger partial charge on any atom is -0.480 e. The zero-order chi connectivity index (χ0) is 12.7. The fourth-order valence-electron chi connectivity index (χ4n) is 1.98. The number of hydrogen-bond donors (Lipinski definition) is 1. The summed E-state index contributed by atoms with van der Waals surface area (Å²) in [6, 6.07) is 0. The smallest absolute Gasteiger partial charge is 0.324 e. The van der Waals surface area contributed by atoms with Gasteiger partial charge >= 0.3 is 5.97 Å². The van der Waals surface area contributed by atoms with Crippen LogP contribution in [0.4, 0.5) is 0 Å². The molecule has 1 fully saturated rings. The Morgan fingerprint density at radius 3 is 2.88 bits per heavy atom. The molecule has 0 spiro atoms. The highest BCUT2D eigenvalue weighted by Crippen LogP contribution is 2.34. The fraction of sp³-hybridized carbons (Fsp3) is 0.556. The molecule has 1 aromatic heterocycles. The van der Waals surface area contributed by atoms with Gasteiger partial charge in [0.2, 0.25) is 0 Å². The van der Waals surface area contributed by atoms with Crippen molar-refractivity contribution in [3.05, 3.63) is 10.9 Å². The zero-order valence-electron chi connectivity index (χ0n) is 9.16. The molecular weight excluding hydrogens is 264 g/mol. The Labute approximate surface area is 103 Å². The highest BCUT2D eigenvalue weighted by Gasteiger charge is 2.50. The minimum absolute atomic E-state index is 0.0723. The van der Waals surface area contributed by atoms with Crippen molar-refractivity contribution in [2.75, 3.05) is 6.54 Å². The molecule has 0 saturated carbocycles. The summed E-state index contributed by atoms with van der Waals surface area (Å²) in [6.07, 6.45) is 0.873. The van der Waals surface area contributed by atoms with E-state index in [-0.39, 0.29) is 11.6 Å². The van der Waals surface area contributed by atoms with Crippen molar-refractivity contribution >= 4 is 27.3 Å². The van der Waals surface area contributed by atoms with Gasteiger partial charge in [-0.05, 0) is 19.8 Å². The monoisotopic (exact) mass is 276 g/mol. The summed E-state index contributed by atoms with van der Waals surface area (Å²) < 4.78 is 25.5. The topological polar surface area (TPSA) is 87.6 Å². The number of rotatable bonds is 3. The lowest BCUT2D eigenvalue weighted by atomic mass is 10.0. The molecule has 1 saturated heterocycles. The van der Waals surface area contributed by atoms with Crippen molar-refractivity contribution in [1.29, 1.82) is 0 Å². The summed E-state index contributed by atoms with van der Waals surface area (Å²) in [7, 11) is -3.80. The molecule has 2 heterocycles. The van der Waals surface area contributed by atoms with Crippen LogP contribution in [0.25, 0.3) is 0 Å². The quantitative estimate of drug-likeness (QED) is 0.881. The third-order valence-corrected chi connectivity index (χ3v) is 5.65. The van der Waals surface area contributed by atoms with Crippen LogP contribution in [0.15, 0.2) is 15.9 Å². The maximum atomic E-state index is 12.2. The Kier molecular flexibility index (Phi) is 2.96. The van der Waals surface area contributed by atoms with Crippen molar-refractivity contribution in [3.8, 4) is 0 Å². The largest absolute Gasteiger partial charge is 0.480 e. The second-order valence-electron chi connectivity index (χ2n) is 4.09. The molecule has 1 aromatic rings. The van der Waals surface area contributed by atoms with Gasteiger partial charge < -0.3 is 5.11 Å². The fourth-order valence-corrected chi connectivity index (χ4v) is 4.59. The van der Waals surface area contributed by atoms with Crippen LogP contribution in [0, 0.1) is 0 Å². The molecule has 6 nitrogen and oxygen atoms in total. The van der Waals surface area contributed by atoms with Crippen LogP contribution in [0.5, 0.6) is 0 Å². The molecule has 1 aliphatic heterocycles. The van der Waals surface area contributed by atoms with Crippen molar-refractivity contribution in [3.63, 3.8) is 0 Å². The number of nitrogens with zero attached hydrogens (tertiary/aromatic N) is 2. The van der Waals surface area contributed by atoms with E-state index in [9.17, 15) is 18.3 Å². The molecule has 1 aliphatic rings. The van der Waals surface area contributed by atoms with E-state index in [4.69, 9.17) is 0 Å². The average Bonchev–Trinajstić information content (AvgIpc) is 2.85. The highest BCUT2D eigenvalue weighted by atomic mass is 32.2. The third-order valence-electron chi connectivity index (χ3n) is 3.00. The van der Waals surface area contributed by atoms with Gasteiger partial charge in [-0.25, -0.2) is 13.4 Å². The van der Waals surface area contributed by atoms with Crippen molar-refractivity contribution in [2.45, 2.75) is 30.3 Å². The first-order valence-electron chi connectivity index (χ1n) is 5.03. The molecule has 94 valence electrons. The van der Waals surface area contributed by atoms with Gasteiger partial charge in [-0.2, -0.15) is 4.31 Å². The average molecular weight is 276 g/mol. The minimum atomic E-state index is -3.80. The number of carboxylic acid groups (broad SMARTS) is 1. The molecular formula is C9H12N2O4S2. The van der Waals surface area contributed by atoms with E-state index in [0.717, 1.165) is 4.31 Å². The van der Waals surface area contributed by atoms with Crippen molar-refractivity contribution < 1.29 is 18.3 Å². The van der Waals surface area contributed by atoms with Gasteiger partial charge in [0.15, 0.2) is 5.03 Å². The number of aromatic nitrogens is 1. The molecule has 0 bridgehead atoms. The summed E-state index contributed by atoms with van der Waals surface area (Å²) in [5, 5.41) is 10.5.